The predicted molar refractivity (Wildman–Crippen MR) is 365 cm³/mol. The topological polar surface area (TPSA) is 72.6 Å². The Bertz CT molecular complexity index is 4800. The van der Waals surface area contributed by atoms with Gasteiger partial charge in [0, 0.05) is 66.6 Å². The second-order valence-electron chi connectivity index (χ2n) is 23.3. The molecule has 0 bridgehead atoms. The first-order valence-electron chi connectivity index (χ1n) is 30.2. The molecule has 3 heterocycles. The highest BCUT2D eigenvalue weighted by Crippen LogP contribution is 2.53. The van der Waals surface area contributed by atoms with Crippen molar-refractivity contribution in [1.29, 1.82) is 0 Å². The first-order chi connectivity index (χ1) is 43.9. The number of hydrogen-bond donors (Lipinski definition) is 0. The Morgan fingerprint density at radius 2 is 0.730 bits per heavy atom. The highest BCUT2D eigenvalue weighted by Gasteiger charge is 2.37. The lowest BCUT2D eigenvalue weighted by Crippen LogP contribution is -2.15. The lowest BCUT2D eigenvalue weighted by molar-refractivity contribution is 0.661. The molecule has 0 radical (unpaired) electrons. The van der Waals surface area contributed by atoms with Crippen molar-refractivity contribution in [3.8, 4) is 107 Å². The smallest absolute Gasteiger partial charge is 0.164 e. The predicted octanol–water partition coefficient (Wildman–Crippen LogP) is 20.9. The van der Waals surface area contributed by atoms with E-state index in [0.717, 1.165) is 112 Å². The zero-order chi connectivity index (χ0) is 59.4. The van der Waals surface area contributed by atoms with Crippen LogP contribution in [0.3, 0.4) is 0 Å². The fourth-order valence-corrected chi connectivity index (χ4v) is 13.1. The fraction of sp³-hybridized carbons (Fsp3) is 0.0366. The van der Waals surface area contributed by atoms with E-state index in [1.54, 1.807) is 0 Å². The van der Waals surface area contributed by atoms with Gasteiger partial charge in [-0.25, -0.2) is 24.9 Å². The molecule has 1 aliphatic carbocycles. The molecule has 0 unspecified atom stereocenters. The molecule has 0 atom stereocenters. The van der Waals surface area contributed by atoms with Crippen molar-refractivity contribution in [3.05, 3.63) is 321 Å². The summed E-state index contributed by atoms with van der Waals surface area (Å²) in [6.07, 6.45) is 0. The third-order valence-corrected chi connectivity index (χ3v) is 17.4. The summed E-state index contributed by atoms with van der Waals surface area (Å²) in [5.74, 6) is 2.31. The maximum absolute atomic E-state index is 5.48. The monoisotopic (exact) mass is 1140 g/mol. The molecule has 16 rings (SSSR count). The van der Waals surface area contributed by atoms with Crippen LogP contribution in [0.15, 0.2) is 309 Å². The highest BCUT2D eigenvalue weighted by atomic mass is 15.1. The van der Waals surface area contributed by atoms with Crippen LogP contribution in [0.4, 0.5) is 17.1 Å². The molecule has 0 saturated carbocycles. The summed E-state index contributed by atoms with van der Waals surface area (Å²) >= 11 is 0. The summed E-state index contributed by atoms with van der Waals surface area (Å²) < 4.78 is 2.47. The van der Waals surface area contributed by atoms with Gasteiger partial charge in [-0.15, -0.1) is 0 Å². The Kier molecular flexibility index (Phi) is 13.1. The molecule has 0 spiro atoms. The Labute approximate surface area is 517 Å². The minimum absolute atomic E-state index is 0.297. The summed E-state index contributed by atoms with van der Waals surface area (Å²) in [4.78, 5) is 29.1. The molecule has 1 aliphatic rings. The molecular weight excluding hydrogens is 1080 g/mol. The van der Waals surface area contributed by atoms with E-state index in [2.05, 4.69) is 272 Å². The van der Waals surface area contributed by atoms with Gasteiger partial charge in [0.1, 0.15) is 0 Å². The number of aromatic nitrogens is 6. The van der Waals surface area contributed by atoms with Crippen LogP contribution < -0.4 is 4.90 Å². The third kappa shape index (κ3) is 9.62. The van der Waals surface area contributed by atoms with E-state index < -0.39 is 0 Å². The second-order valence-corrected chi connectivity index (χ2v) is 23.3. The quantitative estimate of drug-likeness (QED) is 0.121. The van der Waals surface area contributed by atoms with Crippen molar-refractivity contribution in [3.63, 3.8) is 0 Å². The van der Waals surface area contributed by atoms with E-state index in [4.69, 9.17) is 24.9 Å². The van der Waals surface area contributed by atoms with E-state index in [1.165, 1.54) is 22.3 Å². The van der Waals surface area contributed by atoms with Crippen molar-refractivity contribution < 1.29 is 0 Å². The summed E-state index contributed by atoms with van der Waals surface area (Å²) in [5.41, 5.74) is 22.4. The molecular formula is C82H57N7. The normalized spacial score (nSPS) is 12.2. The van der Waals surface area contributed by atoms with Crippen LogP contribution in [-0.2, 0) is 5.41 Å². The Balaban J connectivity index is 1.01. The van der Waals surface area contributed by atoms with Gasteiger partial charge in [0.05, 0.1) is 28.1 Å². The SMILES string of the molecule is CC1(C)c2ccccc2-c2cc3c4c(N(c5cccc(-c6ccccc6)c5)c5cccc(-c6ccccc6)c5)cccc4n(-c4cc(-c5cc(-c6ccccc6)nc(-c6ccccc6)n5)cc(-c5nc(-c6ccccc6)nc(-c6ccccc6)n5)c4)c3cc21. The van der Waals surface area contributed by atoms with Crippen LogP contribution in [0.2, 0.25) is 0 Å². The Hall–Kier alpha value is -11.7. The molecule has 0 amide bonds. The van der Waals surface area contributed by atoms with Crippen LogP contribution in [0, 0.1) is 0 Å². The minimum atomic E-state index is -0.297. The average Bonchev–Trinajstić information content (AvgIpc) is 1.59. The van der Waals surface area contributed by atoms with E-state index in [0.29, 0.717) is 23.3 Å². The summed E-state index contributed by atoms with van der Waals surface area (Å²) in [6, 6.07) is 110. The average molecular weight is 1140 g/mol. The number of benzene rings is 12. The molecule has 0 aliphatic heterocycles. The van der Waals surface area contributed by atoms with Gasteiger partial charge in [0.25, 0.3) is 0 Å². The van der Waals surface area contributed by atoms with Crippen LogP contribution in [-0.4, -0.2) is 29.5 Å². The van der Waals surface area contributed by atoms with E-state index >= 15 is 0 Å². The van der Waals surface area contributed by atoms with Gasteiger partial charge < -0.3 is 9.47 Å². The molecule has 7 heteroatoms. The van der Waals surface area contributed by atoms with Crippen molar-refractivity contribution >= 4 is 38.9 Å². The summed E-state index contributed by atoms with van der Waals surface area (Å²) in [6.45, 7) is 4.72. The third-order valence-electron chi connectivity index (χ3n) is 17.4. The molecule has 420 valence electrons. The fourth-order valence-electron chi connectivity index (χ4n) is 13.1. The summed E-state index contributed by atoms with van der Waals surface area (Å²) in [7, 11) is 0. The Morgan fingerprint density at radius 1 is 0.292 bits per heavy atom. The first kappa shape index (κ1) is 52.9. The largest absolute Gasteiger partial charge is 0.310 e. The van der Waals surface area contributed by atoms with Gasteiger partial charge in [-0.3, -0.25) is 0 Å². The maximum atomic E-state index is 5.48. The van der Waals surface area contributed by atoms with E-state index in [9.17, 15) is 0 Å². The van der Waals surface area contributed by atoms with Crippen LogP contribution in [0.1, 0.15) is 25.0 Å². The lowest BCUT2D eigenvalue weighted by Gasteiger charge is -2.27. The number of fused-ring (bicyclic) bond motifs is 6. The molecule has 12 aromatic carbocycles. The number of hydrogen-bond acceptors (Lipinski definition) is 6. The standard InChI is InChI=1S/C82H57N7/c1-82(2)70-43-22-21-42-67(70)68-51-69-76(52-71(68)82)89(75-45-25-44-74(77(69)75)88(64-40-23-38-60(47-64)54-26-9-3-10-27-54)65-41-24-39-61(48-65)55-28-11-4-12-29-55)66-49-62(73-53-72(56-30-13-5-14-31-56)83-78(84-73)57-32-15-6-16-33-57)46-63(50-66)81-86-79(58-34-17-7-18-35-58)85-80(87-81)59-36-19-8-20-37-59/h3-53H,1-2H3. The van der Waals surface area contributed by atoms with Crippen LogP contribution in [0.25, 0.3) is 129 Å². The van der Waals surface area contributed by atoms with Gasteiger partial charge >= 0.3 is 0 Å². The molecule has 0 N–H and O–H groups in total. The van der Waals surface area contributed by atoms with E-state index in [-0.39, 0.29) is 5.41 Å². The molecule has 7 nitrogen and oxygen atoms in total. The number of rotatable bonds is 12. The van der Waals surface area contributed by atoms with Crippen molar-refractivity contribution in [2.75, 3.05) is 4.90 Å². The lowest BCUT2D eigenvalue weighted by atomic mass is 9.82. The number of nitrogens with zero attached hydrogens (tertiary/aromatic N) is 7. The molecule has 0 fully saturated rings. The van der Waals surface area contributed by atoms with Crippen molar-refractivity contribution in [1.82, 2.24) is 29.5 Å². The van der Waals surface area contributed by atoms with Crippen molar-refractivity contribution in [2.24, 2.45) is 0 Å². The number of anilines is 3. The van der Waals surface area contributed by atoms with Gasteiger partial charge in [0.15, 0.2) is 23.3 Å². The Morgan fingerprint density at radius 3 is 1.28 bits per heavy atom. The van der Waals surface area contributed by atoms with Gasteiger partial charge in [0.2, 0.25) is 0 Å². The first-order valence-corrected chi connectivity index (χ1v) is 30.2. The summed E-state index contributed by atoms with van der Waals surface area (Å²) in [5, 5.41) is 2.22. The zero-order valence-corrected chi connectivity index (χ0v) is 49.1. The molecule has 15 aromatic rings. The van der Waals surface area contributed by atoms with Crippen LogP contribution >= 0.6 is 0 Å². The van der Waals surface area contributed by atoms with E-state index in [1.807, 2.05) is 60.7 Å². The molecule has 89 heavy (non-hydrogen) atoms. The van der Waals surface area contributed by atoms with Gasteiger partial charge in [-0.2, -0.15) is 0 Å². The highest BCUT2D eigenvalue weighted by molar-refractivity contribution is 6.18. The molecule has 0 saturated heterocycles. The molecule has 3 aromatic heterocycles. The van der Waals surface area contributed by atoms with Gasteiger partial charge in [-0.1, -0.05) is 250 Å². The second kappa shape index (κ2) is 22.0. The minimum Gasteiger partial charge on any atom is -0.310 e. The zero-order valence-electron chi connectivity index (χ0n) is 49.1. The van der Waals surface area contributed by atoms with Crippen molar-refractivity contribution in [2.45, 2.75) is 19.3 Å². The van der Waals surface area contributed by atoms with Crippen LogP contribution in [0.5, 0.6) is 0 Å². The maximum Gasteiger partial charge on any atom is 0.164 e. The van der Waals surface area contributed by atoms with Gasteiger partial charge in [-0.05, 0) is 117 Å².